The number of nitrogens with zero attached hydrogens (tertiary/aromatic N) is 5. The lowest BCUT2D eigenvalue weighted by Crippen LogP contribution is -2.58. The molecule has 0 radical (unpaired) electrons. The molecule has 0 saturated heterocycles. The van der Waals surface area contributed by atoms with Crippen LogP contribution in [0.1, 0.15) is 36.6 Å². The van der Waals surface area contributed by atoms with Gasteiger partial charge in [-0.1, -0.05) is 54.6 Å². The van der Waals surface area contributed by atoms with Gasteiger partial charge in [0.05, 0.1) is 27.9 Å². The predicted molar refractivity (Wildman–Crippen MR) is 134 cm³/mol. The van der Waals surface area contributed by atoms with Crippen LogP contribution in [-0.4, -0.2) is 30.3 Å². The molecule has 0 atom stereocenters. The van der Waals surface area contributed by atoms with Gasteiger partial charge in [0.15, 0.2) is 11.3 Å². The van der Waals surface area contributed by atoms with Crippen molar-refractivity contribution >= 4 is 16.7 Å². The molecule has 0 amide bonds. The van der Waals surface area contributed by atoms with E-state index in [0.29, 0.717) is 40.8 Å². The predicted octanol–water partition coefficient (Wildman–Crippen LogP) is 4.49. The Morgan fingerprint density at radius 1 is 1.06 bits per heavy atom. The van der Waals surface area contributed by atoms with Gasteiger partial charge in [-0.3, -0.25) is 0 Å². The molecule has 3 heterocycles. The maximum absolute atomic E-state index is 10.3. The first-order valence-corrected chi connectivity index (χ1v) is 11.5. The van der Waals surface area contributed by atoms with Crippen LogP contribution in [0.2, 0.25) is 0 Å². The van der Waals surface area contributed by atoms with Crippen LogP contribution in [-0.2, 0) is 5.54 Å². The van der Waals surface area contributed by atoms with Crippen molar-refractivity contribution in [3.8, 4) is 28.5 Å². The first-order chi connectivity index (χ1) is 16.8. The van der Waals surface area contributed by atoms with Crippen molar-refractivity contribution in [3.63, 3.8) is 0 Å². The highest BCUT2D eigenvalue weighted by atomic mass is 16.3. The highest BCUT2D eigenvalue weighted by Crippen LogP contribution is 2.46. The number of benzene rings is 2. The summed E-state index contributed by atoms with van der Waals surface area (Å²) in [6.45, 7) is 3.72. The van der Waals surface area contributed by atoms with Crippen molar-refractivity contribution < 1.29 is 5.11 Å². The number of aliphatic hydroxyl groups is 1. The number of aryl methyl sites for hydroxylation is 1. The quantitative estimate of drug-likeness (QED) is 0.410. The third-order valence-electron chi connectivity index (χ3n) is 6.85. The smallest absolute Gasteiger partial charge is 0.166 e. The molecule has 2 aromatic carbocycles. The molecular weight excluding hydrogens is 436 g/mol. The van der Waals surface area contributed by atoms with E-state index in [1.54, 1.807) is 10.7 Å². The van der Waals surface area contributed by atoms with Gasteiger partial charge >= 0.3 is 0 Å². The van der Waals surface area contributed by atoms with Crippen LogP contribution >= 0.6 is 0 Å². The molecular formula is C28H24N6O. The third kappa shape index (κ3) is 3.38. The lowest BCUT2D eigenvalue weighted by molar-refractivity contribution is -0.0738. The number of rotatable bonds is 3. The van der Waals surface area contributed by atoms with Crippen LogP contribution in [0.5, 0.6) is 0 Å². The molecule has 7 heteroatoms. The van der Waals surface area contributed by atoms with Crippen molar-refractivity contribution in [2.24, 2.45) is 5.73 Å². The molecule has 0 aliphatic heterocycles. The molecule has 3 aromatic heterocycles. The van der Waals surface area contributed by atoms with Crippen LogP contribution in [0.25, 0.3) is 39.1 Å². The summed E-state index contributed by atoms with van der Waals surface area (Å²) in [4.78, 5) is 9.58. The summed E-state index contributed by atoms with van der Waals surface area (Å²) >= 11 is 0. The minimum Gasteiger partial charge on any atom is -0.390 e. The average molecular weight is 461 g/mol. The minimum atomic E-state index is -0.725. The summed E-state index contributed by atoms with van der Waals surface area (Å²) in [5.41, 5.74) is 12.1. The molecule has 35 heavy (non-hydrogen) atoms. The molecule has 1 fully saturated rings. The maximum Gasteiger partial charge on any atom is 0.166 e. The number of hydrogen-bond acceptors (Lipinski definition) is 6. The highest BCUT2D eigenvalue weighted by Gasteiger charge is 2.49. The van der Waals surface area contributed by atoms with Crippen LogP contribution in [0.3, 0.4) is 0 Å². The molecule has 0 bridgehead atoms. The molecule has 0 unspecified atom stereocenters. The van der Waals surface area contributed by atoms with Crippen LogP contribution in [0.15, 0.2) is 66.9 Å². The minimum absolute atomic E-state index is 0.508. The number of nitriles is 1. The van der Waals surface area contributed by atoms with E-state index in [9.17, 15) is 10.4 Å². The fourth-order valence-electron chi connectivity index (χ4n) is 5.42. The number of fused-ring (bicyclic) bond motifs is 3. The van der Waals surface area contributed by atoms with E-state index in [0.717, 1.165) is 27.9 Å². The highest BCUT2D eigenvalue weighted by molar-refractivity contribution is 5.97. The normalized spacial score (nSPS) is 21.7. The average Bonchev–Trinajstić information content (AvgIpc) is 3.23. The summed E-state index contributed by atoms with van der Waals surface area (Å²) in [5, 5.41) is 25.7. The van der Waals surface area contributed by atoms with Crippen molar-refractivity contribution in [2.45, 2.75) is 37.8 Å². The Morgan fingerprint density at radius 3 is 2.43 bits per heavy atom. The molecule has 7 nitrogen and oxygen atoms in total. The fraction of sp³-hybridized carbons (Fsp3) is 0.214. The Bertz CT molecular complexity index is 1640. The third-order valence-corrected chi connectivity index (χ3v) is 6.85. The van der Waals surface area contributed by atoms with E-state index in [1.165, 1.54) is 0 Å². The Morgan fingerprint density at radius 2 is 1.77 bits per heavy atom. The zero-order valence-corrected chi connectivity index (χ0v) is 19.5. The summed E-state index contributed by atoms with van der Waals surface area (Å²) < 4.78 is 1.70. The standard InChI is InChI=1S/C28H24N6O/c1-17-12-23-31-14-22-21(13-29)24(18-6-4-3-5-7-18)25(32-26(22)34(23)33-17)19-8-10-20(11-9-19)28(30)15-27(2,35)16-28/h3-12,14,35H,15-16,30H2,1-2H3/t27-,28-. The largest absolute Gasteiger partial charge is 0.390 e. The van der Waals surface area contributed by atoms with Gasteiger partial charge in [0.25, 0.3) is 0 Å². The van der Waals surface area contributed by atoms with Gasteiger partial charge in [-0.05, 0) is 37.8 Å². The zero-order valence-electron chi connectivity index (χ0n) is 19.5. The van der Waals surface area contributed by atoms with Crippen molar-refractivity contribution in [1.82, 2.24) is 19.6 Å². The van der Waals surface area contributed by atoms with Gasteiger partial charge in [0.1, 0.15) is 6.07 Å². The lowest BCUT2D eigenvalue weighted by Gasteiger charge is -2.49. The van der Waals surface area contributed by atoms with E-state index in [1.807, 2.05) is 74.5 Å². The van der Waals surface area contributed by atoms with Gasteiger partial charge < -0.3 is 10.8 Å². The second-order valence-electron chi connectivity index (χ2n) is 9.82. The van der Waals surface area contributed by atoms with E-state index >= 15 is 0 Å². The first-order valence-electron chi connectivity index (χ1n) is 11.5. The van der Waals surface area contributed by atoms with Crippen LogP contribution < -0.4 is 5.73 Å². The van der Waals surface area contributed by atoms with Gasteiger partial charge in [-0.2, -0.15) is 14.9 Å². The molecule has 1 saturated carbocycles. The van der Waals surface area contributed by atoms with Crippen LogP contribution in [0.4, 0.5) is 0 Å². The number of pyridine rings is 1. The summed E-state index contributed by atoms with van der Waals surface area (Å²) in [6.07, 6.45) is 2.74. The van der Waals surface area contributed by atoms with Gasteiger partial charge in [0, 0.05) is 28.9 Å². The lowest BCUT2D eigenvalue weighted by atomic mass is 9.63. The summed E-state index contributed by atoms with van der Waals surface area (Å²) in [5.74, 6) is 0. The van der Waals surface area contributed by atoms with Gasteiger partial charge in [-0.25, -0.2) is 9.97 Å². The van der Waals surface area contributed by atoms with E-state index < -0.39 is 11.1 Å². The Balaban J connectivity index is 1.61. The Kier molecular flexibility index (Phi) is 4.55. The summed E-state index contributed by atoms with van der Waals surface area (Å²) in [7, 11) is 0. The molecule has 6 rings (SSSR count). The molecule has 172 valence electrons. The van der Waals surface area contributed by atoms with Gasteiger partial charge in [0.2, 0.25) is 0 Å². The molecule has 1 aliphatic rings. The van der Waals surface area contributed by atoms with E-state index in [-0.39, 0.29) is 0 Å². The number of aromatic nitrogens is 4. The maximum atomic E-state index is 10.3. The number of nitrogens with two attached hydrogens (primary N) is 1. The monoisotopic (exact) mass is 460 g/mol. The molecule has 5 aromatic rings. The number of hydrogen-bond donors (Lipinski definition) is 2. The van der Waals surface area contributed by atoms with Crippen molar-refractivity contribution in [1.29, 1.82) is 5.26 Å². The topological polar surface area (TPSA) is 113 Å². The fourth-order valence-corrected chi connectivity index (χ4v) is 5.42. The van der Waals surface area contributed by atoms with Crippen molar-refractivity contribution in [2.75, 3.05) is 0 Å². The molecule has 1 aliphatic carbocycles. The zero-order chi connectivity index (χ0) is 24.4. The van der Waals surface area contributed by atoms with Gasteiger partial charge in [-0.15, -0.1) is 0 Å². The van der Waals surface area contributed by atoms with E-state index in [4.69, 9.17) is 10.7 Å². The van der Waals surface area contributed by atoms with Crippen LogP contribution in [0, 0.1) is 18.3 Å². The Labute approximate surface area is 202 Å². The SMILES string of the molecule is Cc1cc2ncc3c(C#N)c(-c4ccccc4)c(-c4ccc([C@]5(N)C[C@](C)(O)C5)cc4)nc3n2n1. The van der Waals surface area contributed by atoms with E-state index in [2.05, 4.69) is 16.2 Å². The second kappa shape index (κ2) is 7.44. The van der Waals surface area contributed by atoms with Crippen molar-refractivity contribution in [3.05, 3.63) is 83.7 Å². The molecule has 0 spiro atoms. The molecule has 3 N–H and O–H groups in total. The Hall–Kier alpha value is -4.12. The second-order valence-corrected chi connectivity index (χ2v) is 9.82. The first kappa shape index (κ1) is 21.4. The summed E-state index contributed by atoms with van der Waals surface area (Å²) in [6, 6.07) is 22.1.